The fraction of sp³-hybridized carbons (Fsp3) is 0.948. The number of esters is 4. The van der Waals surface area contributed by atoms with Crippen LogP contribution in [0.15, 0.2) is 0 Å². The summed E-state index contributed by atoms with van der Waals surface area (Å²) in [6.07, 6.45) is 57.0. The van der Waals surface area contributed by atoms with E-state index in [2.05, 4.69) is 41.5 Å². The molecule has 0 aliphatic heterocycles. The summed E-state index contributed by atoms with van der Waals surface area (Å²) in [5, 5.41) is 10.6. The zero-order chi connectivity index (χ0) is 70.7. The van der Waals surface area contributed by atoms with Crippen LogP contribution < -0.4 is 0 Å². The Labute approximate surface area is 588 Å². The van der Waals surface area contributed by atoms with Gasteiger partial charge in [-0.05, 0) is 37.5 Å². The third-order valence-electron chi connectivity index (χ3n) is 18.0. The van der Waals surface area contributed by atoms with Crippen LogP contribution >= 0.6 is 15.6 Å². The van der Waals surface area contributed by atoms with Gasteiger partial charge >= 0.3 is 39.5 Å². The highest BCUT2D eigenvalue weighted by Gasteiger charge is 2.30. The number of carbonyl (C=O) groups is 4. The first-order chi connectivity index (χ1) is 46.4. The van der Waals surface area contributed by atoms with Crippen molar-refractivity contribution in [1.82, 2.24) is 0 Å². The summed E-state index contributed by atoms with van der Waals surface area (Å²) in [4.78, 5) is 72.8. The highest BCUT2D eigenvalue weighted by molar-refractivity contribution is 7.47. The van der Waals surface area contributed by atoms with Gasteiger partial charge in [-0.3, -0.25) is 37.3 Å². The van der Waals surface area contributed by atoms with Crippen LogP contribution in [0.2, 0.25) is 0 Å². The van der Waals surface area contributed by atoms with E-state index in [1.54, 1.807) is 0 Å². The minimum absolute atomic E-state index is 0.107. The van der Waals surface area contributed by atoms with Crippen LogP contribution in [0.1, 0.15) is 401 Å². The maximum Gasteiger partial charge on any atom is 0.472 e. The number of aliphatic hydroxyl groups is 1. The number of hydrogen-bond donors (Lipinski definition) is 3. The lowest BCUT2D eigenvalue weighted by molar-refractivity contribution is -0.161. The second-order valence-corrected chi connectivity index (χ2v) is 31.6. The van der Waals surface area contributed by atoms with E-state index in [9.17, 15) is 43.2 Å². The molecule has 0 aromatic rings. The molecule has 0 rings (SSSR count). The summed E-state index contributed by atoms with van der Waals surface area (Å²) in [7, 11) is -9.91. The van der Waals surface area contributed by atoms with Crippen molar-refractivity contribution in [3.63, 3.8) is 0 Å². The maximum absolute atomic E-state index is 13.1. The molecule has 96 heavy (non-hydrogen) atoms. The van der Waals surface area contributed by atoms with Crippen LogP contribution in [0.4, 0.5) is 0 Å². The van der Waals surface area contributed by atoms with Gasteiger partial charge < -0.3 is 33.8 Å². The van der Waals surface area contributed by atoms with E-state index in [1.807, 2.05) is 0 Å². The highest BCUT2D eigenvalue weighted by atomic mass is 31.2. The Morgan fingerprint density at radius 1 is 0.281 bits per heavy atom. The van der Waals surface area contributed by atoms with E-state index < -0.39 is 97.5 Å². The largest absolute Gasteiger partial charge is 0.472 e. The fourth-order valence-corrected chi connectivity index (χ4v) is 13.4. The summed E-state index contributed by atoms with van der Waals surface area (Å²) >= 11 is 0. The van der Waals surface area contributed by atoms with Gasteiger partial charge in [0.05, 0.1) is 26.4 Å². The fourth-order valence-electron chi connectivity index (χ4n) is 11.8. The van der Waals surface area contributed by atoms with Gasteiger partial charge in [0.15, 0.2) is 12.2 Å². The molecule has 0 aromatic carbocycles. The number of phosphoric ester groups is 2. The minimum Gasteiger partial charge on any atom is -0.462 e. The van der Waals surface area contributed by atoms with E-state index in [4.69, 9.17) is 37.0 Å². The molecule has 0 heterocycles. The van der Waals surface area contributed by atoms with Crippen molar-refractivity contribution >= 4 is 39.5 Å². The standard InChI is InChI=1S/C77H150O17P2/c1-7-9-11-13-15-17-19-21-22-23-24-25-26-28-34-38-42-50-56-62-76(81)93-72(65-87-74(79)59-53-47-40-36-32-30-29-31-35-39-45-51-57-69(3)4)67-91-95(83,84)89-63-71(78)64-90-96(85,86)92-68-73(66-88-75(80)60-54-48-44-43-46-52-58-70(5)6)94-77(82)61-55-49-41-37-33-27-20-18-16-14-12-10-8-2/h69-73,78H,7-68H2,1-6H3,(H,83,84)(H,85,86)/t71-,72-,73-/m1/s1. The molecule has 570 valence electrons. The number of phosphoric acid groups is 2. The van der Waals surface area contributed by atoms with Gasteiger partial charge in [-0.2, -0.15) is 0 Å². The van der Waals surface area contributed by atoms with E-state index >= 15 is 0 Å². The third kappa shape index (κ3) is 70.5. The number of aliphatic hydroxyl groups excluding tert-OH is 1. The molecule has 5 atom stereocenters. The van der Waals surface area contributed by atoms with Crippen molar-refractivity contribution in [2.75, 3.05) is 39.6 Å². The van der Waals surface area contributed by atoms with Gasteiger partial charge in [0.25, 0.3) is 0 Å². The van der Waals surface area contributed by atoms with Gasteiger partial charge in [-0.1, -0.05) is 350 Å². The van der Waals surface area contributed by atoms with Crippen LogP contribution in [0, 0.1) is 11.8 Å². The van der Waals surface area contributed by atoms with E-state index in [1.165, 1.54) is 212 Å². The Balaban J connectivity index is 5.22. The molecule has 0 saturated heterocycles. The number of carbonyl (C=O) groups excluding carboxylic acids is 4. The predicted molar refractivity (Wildman–Crippen MR) is 391 cm³/mol. The Kier molecular flexibility index (Phi) is 67.4. The van der Waals surface area contributed by atoms with Gasteiger partial charge in [0.1, 0.15) is 19.3 Å². The monoisotopic (exact) mass is 1410 g/mol. The van der Waals surface area contributed by atoms with E-state index in [0.717, 1.165) is 102 Å². The third-order valence-corrected chi connectivity index (χ3v) is 19.9. The van der Waals surface area contributed by atoms with Crippen molar-refractivity contribution in [2.45, 2.75) is 419 Å². The van der Waals surface area contributed by atoms with Crippen LogP contribution in [0.5, 0.6) is 0 Å². The van der Waals surface area contributed by atoms with Crippen molar-refractivity contribution in [3.05, 3.63) is 0 Å². The minimum atomic E-state index is -4.96. The molecule has 17 nitrogen and oxygen atoms in total. The SMILES string of the molecule is CCCCCCCCCCCCCCCCCCCCCC(=O)O[C@H](COC(=O)CCCCCCCCCCCCCCC(C)C)COP(=O)(O)OC[C@@H](O)COP(=O)(O)OC[C@@H](COC(=O)CCCCCCCCC(C)C)OC(=O)CCCCCCCCCCCCCCC. The first-order valence-corrected chi connectivity index (χ1v) is 43.0. The van der Waals surface area contributed by atoms with Gasteiger partial charge in [0.2, 0.25) is 0 Å². The average Bonchev–Trinajstić information content (AvgIpc) is 1.23. The van der Waals surface area contributed by atoms with Crippen molar-refractivity contribution < 1.29 is 80.2 Å². The van der Waals surface area contributed by atoms with Crippen LogP contribution in [0.25, 0.3) is 0 Å². The summed E-state index contributed by atoms with van der Waals surface area (Å²) in [5.74, 6) is -0.654. The molecule has 0 spiro atoms. The van der Waals surface area contributed by atoms with E-state index in [0.29, 0.717) is 31.6 Å². The molecule has 0 fully saturated rings. The molecule has 19 heteroatoms. The van der Waals surface area contributed by atoms with Crippen LogP contribution in [-0.2, 0) is 65.4 Å². The normalized spacial score (nSPS) is 14.0. The first-order valence-electron chi connectivity index (χ1n) is 40.0. The van der Waals surface area contributed by atoms with E-state index in [-0.39, 0.29) is 25.7 Å². The number of hydrogen-bond acceptors (Lipinski definition) is 15. The van der Waals surface area contributed by atoms with Crippen molar-refractivity contribution in [1.29, 1.82) is 0 Å². The van der Waals surface area contributed by atoms with Gasteiger partial charge in [-0.15, -0.1) is 0 Å². The molecule has 0 amide bonds. The second kappa shape index (κ2) is 68.8. The summed E-state index contributed by atoms with van der Waals surface area (Å²) in [6.45, 7) is 9.54. The molecule has 0 saturated carbocycles. The first kappa shape index (κ1) is 94.1. The predicted octanol–water partition coefficient (Wildman–Crippen LogP) is 22.7. The average molecular weight is 1410 g/mol. The molecular weight excluding hydrogens is 1260 g/mol. The number of unbranched alkanes of at least 4 members (excludes halogenated alkanes) is 46. The number of rotatable bonds is 76. The lowest BCUT2D eigenvalue weighted by Crippen LogP contribution is -2.30. The summed E-state index contributed by atoms with van der Waals surface area (Å²) in [6, 6.07) is 0. The molecule has 0 aliphatic rings. The number of ether oxygens (including phenoxy) is 4. The summed E-state index contributed by atoms with van der Waals surface area (Å²) in [5.41, 5.74) is 0. The lowest BCUT2D eigenvalue weighted by Gasteiger charge is -2.21. The van der Waals surface area contributed by atoms with Crippen molar-refractivity contribution in [2.24, 2.45) is 11.8 Å². The quantitative estimate of drug-likeness (QED) is 0.0222. The molecule has 0 bridgehead atoms. The molecule has 0 aliphatic carbocycles. The Morgan fingerprint density at radius 3 is 0.708 bits per heavy atom. The van der Waals surface area contributed by atoms with Crippen LogP contribution in [-0.4, -0.2) is 96.7 Å². The molecule has 0 radical (unpaired) electrons. The second-order valence-electron chi connectivity index (χ2n) is 28.7. The molecule has 3 N–H and O–H groups in total. The van der Waals surface area contributed by atoms with Gasteiger partial charge in [0, 0.05) is 25.7 Å². The van der Waals surface area contributed by atoms with Gasteiger partial charge in [-0.25, -0.2) is 9.13 Å². The summed E-state index contributed by atoms with van der Waals surface area (Å²) < 4.78 is 68.5. The highest BCUT2D eigenvalue weighted by Crippen LogP contribution is 2.45. The maximum atomic E-state index is 13.1. The Bertz CT molecular complexity index is 1860. The molecular formula is C77H150O17P2. The lowest BCUT2D eigenvalue weighted by atomic mass is 10.0. The Morgan fingerprint density at radius 2 is 0.479 bits per heavy atom. The molecule has 2 unspecified atom stereocenters. The zero-order valence-corrected chi connectivity index (χ0v) is 64.5. The zero-order valence-electron chi connectivity index (χ0n) is 62.7. The topological polar surface area (TPSA) is 237 Å². The molecule has 0 aromatic heterocycles. The van der Waals surface area contributed by atoms with Crippen LogP contribution in [0.3, 0.4) is 0 Å². The smallest absolute Gasteiger partial charge is 0.462 e. The van der Waals surface area contributed by atoms with Crippen molar-refractivity contribution in [3.8, 4) is 0 Å². The Hall–Kier alpha value is -1.94.